The van der Waals surface area contributed by atoms with Crippen LogP contribution < -0.4 is 0 Å². The van der Waals surface area contributed by atoms with Crippen molar-refractivity contribution in [1.82, 2.24) is 0 Å². The fourth-order valence-electron chi connectivity index (χ4n) is 4.91. The van der Waals surface area contributed by atoms with Crippen molar-refractivity contribution in [1.29, 1.82) is 0 Å². The minimum atomic E-state index is -0.937. The van der Waals surface area contributed by atoms with Crippen molar-refractivity contribution in [3.8, 4) is 11.1 Å². The third-order valence-electron chi connectivity index (χ3n) is 6.37. The van der Waals surface area contributed by atoms with Crippen LogP contribution in [0.15, 0.2) is 140 Å². The van der Waals surface area contributed by atoms with Crippen molar-refractivity contribution in [2.24, 2.45) is 0 Å². The summed E-state index contributed by atoms with van der Waals surface area (Å²) in [4.78, 5) is 12.0. The van der Waals surface area contributed by atoms with Crippen LogP contribution in [0.3, 0.4) is 0 Å². The summed E-state index contributed by atoms with van der Waals surface area (Å²) in [5.74, 6) is -0.937. The number of benzene rings is 5. The lowest BCUT2D eigenvalue weighted by molar-refractivity contribution is 0.0696. The van der Waals surface area contributed by atoms with Crippen molar-refractivity contribution in [2.45, 2.75) is 5.41 Å². The highest BCUT2D eigenvalue weighted by Gasteiger charge is 2.40. The summed E-state index contributed by atoms with van der Waals surface area (Å²) in [7, 11) is 0. The summed E-state index contributed by atoms with van der Waals surface area (Å²) in [6, 6.07) is 46.8. The summed E-state index contributed by atoms with van der Waals surface area (Å²) in [6.07, 6.45) is 0. The van der Waals surface area contributed by atoms with Crippen molar-refractivity contribution < 1.29 is 9.90 Å². The summed E-state index contributed by atoms with van der Waals surface area (Å²) in [6.45, 7) is 0. The minimum Gasteiger partial charge on any atom is -0.478 e. The van der Waals surface area contributed by atoms with Crippen LogP contribution in [0, 0.1) is 0 Å². The van der Waals surface area contributed by atoms with Crippen LogP contribution >= 0.6 is 0 Å². The van der Waals surface area contributed by atoms with E-state index in [4.69, 9.17) is 0 Å². The molecule has 2 nitrogen and oxygen atoms in total. The van der Waals surface area contributed by atoms with Crippen molar-refractivity contribution in [3.05, 3.63) is 167 Å². The number of rotatable bonds is 6. The van der Waals surface area contributed by atoms with E-state index in [0.29, 0.717) is 0 Å². The number of carboxylic acids is 1. The molecule has 0 atom stereocenters. The SMILES string of the molecule is O=C(O)c1cccc(C(c2ccccc2)(c2ccccc2)c2ccccc2-c2ccccc2)c1. The monoisotopic (exact) mass is 440 g/mol. The first-order valence-corrected chi connectivity index (χ1v) is 11.3. The molecule has 0 radical (unpaired) electrons. The lowest BCUT2D eigenvalue weighted by Gasteiger charge is -2.38. The molecule has 0 saturated carbocycles. The topological polar surface area (TPSA) is 37.3 Å². The summed E-state index contributed by atoms with van der Waals surface area (Å²) in [5, 5.41) is 9.82. The summed E-state index contributed by atoms with van der Waals surface area (Å²) < 4.78 is 0. The summed E-state index contributed by atoms with van der Waals surface area (Å²) in [5.41, 5.74) is 5.93. The Balaban J connectivity index is 1.95. The van der Waals surface area contributed by atoms with E-state index in [2.05, 4.69) is 60.7 Å². The van der Waals surface area contributed by atoms with Gasteiger partial charge in [0.2, 0.25) is 0 Å². The Kier molecular flexibility index (Phi) is 5.80. The van der Waals surface area contributed by atoms with Crippen LogP contribution in [0.4, 0.5) is 0 Å². The third-order valence-corrected chi connectivity index (χ3v) is 6.37. The Bertz CT molecular complexity index is 1370. The van der Waals surface area contributed by atoms with E-state index in [1.807, 2.05) is 72.8 Å². The van der Waals surface area contributed by atoms with E-state index in [-0.39, 0.29) is 5.56 Å². The van der Waals surface area contributed by atoms with Crippen molar-refractivity contribution in [2.75, 3.05) is 0 Å². The number of carbonyl (C=O) groups is 1. The van der Waals surface area contributed by atoms with E-state index >= 15 is 0 Å². The molecule has 0 aliphatic carbocycles. The second-order valence-electron chi connectivity index (χ2n) is 8.28. The van der Waals surface area contributed by atoms with E-state index < -0.39 is 11.4 Å². The van der Waals surface area contributed by atoms with E-state index in [1.165, 1.54) is 0 Å². The Morgan fingerprint density at radius 2 is 1.03 bits per heavy atom. The molecule has 5 aromatic rings. The minimum absolute atomic E-state index is 0.269. The predicted molar refractivity (Wildman–Crippen MR) is 137 cm³/mol. The smallest absolute Gasteiger partial charge is 0.335 e. The quantitative estimate of drug-likeness (QED) is 0.279. The third kappa shape index (κ3) is 3.70. The molecule has 34 heavy (non-hydrogen) atoms. The lowest BCUT2D eigenvalue weighted by Crippen LogP contribution is -2.32. The van der Waals surface area contributed by atoms with Gasteiger partial charge in [-0.3, -0.25) is 0 Å². The maximum atomic E-state index is 12.0. The molecule has 0 saturated heterocycles. The maximum Gasteiger partial charge on any atom is 0.335 e. The molecule has 0 spiro atoms. The first-order chi connectivity index (χ1) is 16.7. The van der Waals surface area contributed by atoms with Crippen molar-refractivity contribution in [3.63, 3.8) is 0 Å². The van der Waals surface area contributed by atoms with Gasteiger partial charge in [-0.25, -0.2) is 4.79 Å². The Morgan fingerprint density at radius 1 is 0.529 bits per heavy atom. The first-order valence-electron chi connectivity index (χ1n) is 11.3. The molecule has 0 aliphatic rings. The Morgan fingerprint density at radius 3 is 1.62 bits per heavy atom. The highest BCUT2D eigenvalue weighted by molar-refractivity contribution is 5.88. The van der Waals surface area contributed by atoms with Gasteiger partial charge in [-0.2, -0.15) is 0 Å². The molecule has 0 aromatic heterocycles. The van der Waals surface area contributed by atoms with Gasteiger partial charge in [0.15, 0.2) is 0 Å². The molecule has 0 amide bonds. The second kappa shape index (κ2) is 9.21. The van der Waals surface area contributed by atoms with Gasteiger partial charge in [-0.15, -0.1) is 0 Å². The van der Waals surface area contributed by atoms with Gasteiger partial charge in [0.1, 0.15) is 0 Å². The highest BCUT2D eigenvalue weighted by atomic mass is 16.4. The second-order valence-corrected chi connectivity index (χ2v) is 8.28. The predicted octanol–water partition coefficient (Wildman–Crippen LogP) is 7.43. The number of aromatic carboxylic acids is 1. The maximum absolute atomic E-state index is 12.0. The van der Waals surface area contributed by atoms with Gasteiger partial charge in [-0.1, -0.05) is 127 Å². The number of hydrogen-bond acceptors (Lipinski definition) is 1. The standard InChI is InChI=1S/C32H24O2/c33-31(34)25-15-12-20-28(23-25)32(26-16-6-2-7-17-26,27-18-8-3-9-19-27)30-22-11-10-21-29(30)24-13-4-1-5-14-24/h1-23H,(H,33,34). The molecular weight excluding hydrogens is 416 g/mol. The fraction of sp³-hybridized carbons (Fsp3) is 0.0312. The molecule has 0 heterocycles. The van der Waals surface area contributed by atoms with E-state index in [9.17, 15) is 9.90 Å². The normalized spacial score (nSPS) is 11.2. The van der Waals surface area contributed by atoms with Crippen LogP contribution in [-0.4, -0.2) is 11.1 Å². The van der Waals surface area contributed by atoms with Crippen LogP contribution in [-0.2, 0) is 5.41 Å². The van der Waals surface area contributed by atoms with Gasteiger partial charge in [0, 0.05) is 0 Å². The highest BCUT2D eigenvalue weighted by Crippen LogP contribution is 2.48. The molecule has 1 N–H and O–H groups in total. The van der Waals surface area contributed by atoms with Gasteiger partial charge in [0.25, 0.3) is 0 Å². The molecule has 5 aromatic carbocycles. The fourth-order valence-corrected chi connectivity index (χ4v) is 4.91. The molecule has 5 rings (SSSR count). The van der Waals surface area contributed by atoms with Crippen LogP contribution in [0.1, 0.15) is 32.6 Å². The zero-order chi connectivity index (χ0) is 23.4. The molecule has 0 aliphatic heterocycles. The molecule has 0 fully saturated rings. The largest absolute Gasteiger partial charge is 0.478 e. The van der Waals surface area contributed by atoms with Gasteiger partial charge in [0.05, 0.1) is 11.0 Å². The molecule has 0 bridgehead atoms. The van der Waals surface area contributed by atoms with Crippen LogP contribution in [0.25, 0.3) is 11.1 Å². The average Bonchev–Trinajstić information content (AvgIpc) is 2.91. The molecule has 0 unspecified atom stereocenters. The summed E-state index contributed by atoms with van der Waals surface area (Å²) >= 11 is 0. The first kappa shape index (κ1) is 21.4. The van der Waals surface area contributed by atoms with Gasteiger partial charge >= 0.3 is 5.97 Å². The van der Waals surface area contributed by atoms with Gasteiger partial charge < -0.3 is 5.11 Å². The van der Waals surface area contributed by atoms with Crippen molar-refractivity contribution >= 4 is 5.97 Å². The molecular formula is C32H24O2. The van der Waals surface area contributed by atoms with Crippen LogP contribution in [0.2, 0.25) is 0 Å². The Labute approximate surface area is 199 Å². The molecule has 164 valence electrons. The number of hydrogen-bond donors (Lipinski definition) is 1. The molecule has 2 heteroatoms. The number of carboxylic acid groups (broad SMARTS) is 1. The van der Waals surface area contributed by atoms with E-state index in [1.54, 1.807) is 6.07 Å². The lowest BCUT2D eigenvalue weighted by atomic mass is 9.63. The Hall–Kier alpha value is -4.43. The average molecular weight is 441 g/mol. The zero-order valence-electron chi connectivity index (χ0n) is 18.6. The van der Waals surface area contributed by atoms with Gasteiger partial charge in [-0.05, 0) is 45.5 Å². The van der Waals surface area contributed by atoms with E-state index in [0.717, 1.165) is 33.4 Å². The zero-order valence-corrected chi connectivity index (χ0v) is 18.6. The van der Waals surface area contributed by atoms with Crippen LogP contribution in [0.5, 0.6) is 0 Å².